The van der Waals surface area contributed by atoms with Crippen LogP contribution < -0.4 is 16.0 Å². The third-order valence-electron chi connectivity index (χ3n) is 3.46. The first kappa shape index (κ1) is 18.4. The Morgan fingerprint density at radius 1 is 1.16 bits per heavy atom. The Labute approximate surface area is 145 Å². The van der Waals surface area contributed by atoms with Gasteiger partial charge in [-0.15, -0.1) is 0 Å². The Morgan fingerprint density at radius 3 is 2.64 bits per heavy atom. The van der Waals surface area contributed by atoms with Crippen LogP contribution in [-0.2, 0) is 4.79 Å². The highest BCUT2D eigenvalue weighted by Gasteiger charge is 2.11. The smallest absolute Gasteiger partial charge is 0.253 e. The summed E-state index contributed by atoms with van der Waals surface area (Å²) < 4.78 is 13.5. The molecule has 0 atom stereocenters. The second-order valence-electron chi connectivity index (χ2n) is 5.39. The van der Waals surface area contributed by atoms with Gasteiger partial charge in [-0.05, 0) is 36.8 Å². The number of aliphatic hydroxyl groups is 1. The van der Waals surface area contributed by atoms with E-state index in [-0.39, 0.29) is 31.5 Å². The number of carbonyl (C=O) groups excluding carboxylic acids is 2. The fourth-order valence-corrected chi connectivity index (χ4v) is 2.15. The minimum absolute atomic E-state index is 0.0835. The third kappa shape index (κ3) is 5.29. The maximum Gasteiger partial charge on any atom is 0.253 e. The minimum atomic E-state index is -0.392. The lowest BCUT2D eigenvalue weighted by Crippen LogP contribution is -2.28. The van der Waals surface area contributed by atoms with E-state index in [4.69, 9.17) is 5.11 Å². The van der Waals surface area contributed by atoms with Crippen LogP contribution in [0.5, 0.6) is 0 Å². The monoisotopic (exact) mass is 345 g/mol. The molecule has 2 aromatic carbocycles. The number of para-hydroxylation sites is 1. The number of aryl methyl sites for hydroxylation is 1. The molecule has 0 radical (unpaired) electrons. The van der Waals surface area contributed by atoms with E-state index in [1.165, 1.54) is 6.07 Å². The molecule has 0 aromatic heterocycles. The topological polar surface area (TPSA) is 90.5 Å². The van der Waals surface area contributed by atoms with Gasteiger partial charge in [-0.2, -0.15) is 0 Å². The molecule has 2 aromatic rings. The van der Waals surface area contributed by atoms with Crippen molar-refractivity contribution < 1.29 is 19.1 Å². The predicted molar refractivity (Wildman–Crippen MR) is 94.1 cm³/mol. The lowest BCUT2D eigenvalue weighted by Gasteiger charge is -2.12. The van der Waals surface area contributed by atoms with E-state index in [0.717, 1.165) is 0 Å². The number of aliphatic hydroxyl groups excluding tert-OH is 1. The Morgan fingerprint density at radius 2 is 1.92 bits per heavy atom. The third-order valence-corrected chi connectivity index (χ3v) is 3.46. The van der Waals surface area contributed by atoms with Gasteiger partial charge < -0.3 is 21.1 Å². The lowest BCUT2D eigenvalue weighted by atomic mass is 10.1. The van der Waals surface area contributed by atoms with Gasteiger partial charge in [0.15, 0.2) is 0 Å². The normalized spacial score (nSPS) is 10.2. The van der Waals surface area contributed by atoms with Gasteiger partial charge in [-0.25, -0.2) is 4.39 Å². The zero-order valence-corrected chi connectivity index (χ0v) is 13.8. The Bertz CT molecular complexity index is 765. The highest BCUT2D eigenvalue weighted by molar-refractivity contribution is 6.00. The van der Waals surface area contributed by atoms with Gasteiger partial charge >= 0.3 is 0 Å². The van der Waals surface area contributed by atoms with E-state index in [0.29, 0.717) is 22.5 Å². The summed E-state index contributed by atoms with van der Waals surface area (Å²) in [7, 11) is 0. The molecule has 7 heteroatoms. The van der Waals surface area contributed by atoms with E-state index in [2.05, 4.69) is 16.0 Å². The van der Waals surface area contributed by atoms with Gasteiger partial charge in [0, 0.05) is 17.9 Å². The van der Waals surface area contributed by atoms with E-state index in [1.807, 2.05) is 0 Å². The highest BCUT2D eigenvalue weighted by atomic mass is 19.1. The van der Waals surface area contributed by atoms with Crippen LogP contribution >= 0.6 is 0 Å². The summed E-state index contributed by atoms with van der Waals surface area (Å²) in [6.07, 6.45) is 0. The zero-order chi connectivity index (χ0) is 18.2. The summed E-state index contributed by atoms with van der Waals surface area (Å²) >= 11 is 0. The maximum atomic E-state index is 13.5. The summed E-state index contributed by atoms with van der Waals surface area (Å²) in [5.41, 5.74) is 1.72. The molecule has 0 spiro atoms. The van der Waals surface area contributed by atoms with Gasteiger partial charge in [0.2, 0.25) is 5.91 Å². The molecule has 2 rings (SSSR count). The second kappa shape index (κ2) is 8.79. The Kier molecular flexibility index (Phi) is 6.47. The van der Waals surface area contributed by atoms with Crippen LogP contribution in [0.15, 0.2) is 42.5 Å². The standard InChI is InChI=1S/C18H20FN3O3/c1-12-6-7-13(10-15(12)19)22-17(24)11-21-16-5-3-2-4-14(16)18(25)20-8-9-23/h2-7,10,21,23H,8-9,11H2,1H3,(H,20,25)(H,22,24). The molecule has 0 heterocycles. The summed E-state index contributed by atoms with van der Waals surface area (Å²) in [6.45, 7) is 1.55. The molecule has 0 unspecified atom stereocenters. The molecule has 0 aliphatic carbocycles. The van der Waals surface area contributed by atoms with Crippen molar-refractivity contribution in [1.29, 1.82) is 0 Å². The van der Waals surface area contributed by atoms with Crippen molar-refractivity contribution in [2.24, 2.45) is 0 Å². The molecule has 132 valence electrons. The number of benzene rings is 2. The summed E-state index contributed by atoms with van der Waals surface area (Å²) in [5.74, 6) is -1.11. The van der Waals surface area contributed by atoms with Crippen molar-refractivity contribution in [3.63, 3.8) is 0 Å². The number of halogens is 1. The van der Waals surface area contributed by atoms with Gasteiger partial charge in [0.25, 0.3) is 5.91 Å². The zero-order valence-electron chi connectivity index (χ0n) is 13.8. The summed E-state index contributed by atoms with van der Waals surface area (Å²) in [6, 6.07) is 11.2. The first-order chi connectivity index (χ1) is 12.0. The molecule has 0 saturated heterocycles. The van der Waals surface area contributed by atoms with Crippen LogP contribution in [0, 0.1) is 12.7 Å². The lowest BCUT2D eigenvalue weighted by molar-refractivity contribution is -0.114. The van der Waals surface area contributed by atoms with Crippen molar-refractivity contribution in [2.75, 3.05) is 30.3 Å². The van der Waals surface area contributed by atoms with Gasteiger partial charge in [0.1, 0.15) is 5.82 Å². The van der Waals surface area contributed by atoms with Crippen molar-refractivity contribution in [2.45, 2.75) is 6.92 Å². The van der Waals surface area contributed by atoms with E-state index in [9.17, 15) is 14.0 Å². The molecule has 25 heavy (non-hydrogen) atoms. The summed E-state index contributed by atoms with van der Waals surface area (Å²) in [4.78, 5) is 24.0. The molecule has 4 N–H and O–H groups in total. The first-order valence-electron chi connectivity index (χ1n) is 7.79. The number of rotatable bonds is 7. The fourth-order valence-electron chi connectivity index (χ4n) is 2.15. The van der Waals surface area contributed by atoms with Crippen molar-refractivity contribution in [1.82, 2.24) is 5.32 Å². The Balaban J connectivity index is 1.97. The van der Waals surface area contributed by atoms with Crippen LogP contribution in [-0.4, -0.2) is 36.6 Å². The van der Waals surface area contributed by atoms with Crippen molar-refractivity contribution >= 4 is 23.2 Å². The van der Waals surface area contributed by atoms with Crippen molar-refractivity contribution in [3.05, 3.63) is 59.4 Å². The van der Waals surface area contributed by atoms with Gasteiger partial charge in [-0.1, -0.05) is 18.2 Å². The SMILES string of the molecule is Cc1ccc(NC(=O)CNc2ccccc2C(=O)NCCO)cc1F. The fraction of sp³-hybridized carbons (Fsp3) is 0.222. The van der Waals surface area contributed by atoms with Gasteiger partial charge in [-0.3, -0.25) is 9.59 Å². The van der Waals surface area contributed by atoms with Crippen LogP contribution in [0.2, 0.25) is 0 Å². The van der Waals surface area contributed by atoms with E-state index >= 15 is 0 Å². The van der Waals surface area contributed by atoms with E-state index in [1.54, 1.807) is 43.3 Å². The molecule has 6 nitrogen and oxygen atoms in total. The number of anilines is 2. The average Bonchev–Trinajstić information content (AvgIpc) is 2.61. The number of amides is 2. The molecular formula is C18H20FN3O3. The maximum absolute atomic E-state index is 13.5. The van der Waals surface area contributed by atoms with Crippen LogP contribution in [0.3, 0.4) is 0 Å². The van der Waals surface area contributed by atoms with Gasteiger partial charge in [0.05, 0.1) is 18.7 Å². The number of carbonyl (C=O) groups is 2. The largest absolute Gasteiger partial charge is 0.395 e. The molecule has 0 fully saturated rings. The number of hydrogen-bond acceptors (Lipinski definition) is 4. The highest BCUT2D eigenvalue weighted by Crippen LogP contribution is 2.16. The number of hydrogen-bond donors (Lipinski definition) is 4. The van der Waals surface area contributed by atoms with Crippen LogP contribution in [0.25, 0.3) is 0 Å². The minimum Gasteiger partial charge on any atom is -0.395 e. The van der Waals surface area contributed by atoms with Crippen LogP contribution in [0.1, 0.15) is 15.9 Å². The number of nitrogens with one attached hydrogen (secondary N) is 3. The Hall–Kier alpha value is -2.93. The molecule has 0 saturated carbocycles. The molecular weight excluding hydrogens is 325 g/mol. The quantitative estimate of drug-likeness (QED) is 0.617. The average molecular weight is 345 g/mol. The molecule has 2 amide bonds. The second-order valence-corrected chi connectivity index (χ2v) is 5.39. The molecule has 0 aliphatic heterocycles. The molecule has 0 aliphatic rings. The van der Waals surface area contributed by atoms with Crippen LogP contribution in [0.4, 0.5) is 15.8 Å². The predicted octanol–water partition coefficient (Wildman–Crippen LogP) is 1.91. The summed E-state index contributed by atoms with van der Waals surface area (Å²) in [5, 5.41) is 16.8. The first-order valence-corrected chi connectivity index (χ1v) is 7.79. The van der Waals surface area contributed by atoms with E-state index < -0.39 is 5.82 Å². The van der Waals surface area contributed by atoms with Crippen molar-refractivity contribution in [3.8, 4) is 0 Å². The molecule has 0 bridgehead atoms.